The molecule has 0 radical (unpaired) electrons. The lowest BCUT2D eigenvalue weighted by Crippen LogP contribution is -2.49. The molecule has 1 aromatic carbocycles. The van der Waals surface area contributed by atoms with Crippen molar-refractivity contribution in [3.63, 3.8) is 0 Å². The quantitative estimate of drug-likeness (QED) is 0.658. The fourth-order valence-corrected chi connectivity index (χ4v) is 3.54. The summed E-state index contributed by atoms with van der Waals surface area (Å²) in [6.07, 6.45) is 4.31. The Morgan fingerprint density at radius 3 is 2.57 bits per heavy atom. The average molecular weight is 397 g/mol. The van der Waals surface area contributed by atoms with Gasteiger partial charge in [0.1, 0.15) is 5.82 Å². The number of aromatic nitrogens is 2. The highest BCUT2D eigenvalue weighted by Gasteiger charge is 2.22. The molecule has 4 rings (SSSR count). The molecule has 1 aliphatic rings. The fourth-order valence-electron chi connectivity index (χ4n) is 3.31. The van der Waals surface area contributed by atoms with Gasteiger partial charge >= 0.3 is 0 Å². The van der Waals surface area contributed by atoms with Crippen molar-refractivity contribution >= 4 is 23.3 Å². The predicted octanol–water partition coefficient (Wildman–Crippen LogP) is 3.67. The van der Waals surface area contributed by atoms with Crippen LogP contribution in [-0.4, -0.2) is 47.0 Å². The van der Waals surface area contributed by atoms with Crippen molar-refractivity contribution in [2.24, 2.45) is 0 Å². The number of halogens is 1. The number of nitrogens with zero attached hydrogens (tertiary/aromatic N) is 4. The van der Waals surface area contributed by atoms with Gasteiger partial charge in [-0.15, -0.1) is 0 Å². The summed E-state index contributed by atoms with van der Waals surface area (Å²) in [7, 11) is 0. The van der Waals surface area contributed by atoms with E-state index in [2.05, 4.69) is 14.9 Å². The molecule has 3 aromatic rings. The van der Waals surface area contributed by atoms with E-state index in [4.69, 9.17) is 16.0 Å². The number of hydrogen-bond acceptors (Lipinski definition) is 5. The Morgan fingerprint density at radius 1 is 1.04 bits per heavy atom. The van der Waals surface area contributed by atoms with Gasteiger partial charge in [-0.2, -0.15) is 0 Å². The normalized spacial score (nSPS) is 14.3. The third-order valence-electron chi connectivity index (χ3n) is 4.85. The van der Waals surface area contributed by atoms with Crippen molar-refractivity contribution in [1.29, 1.82) is 0 Å². The average Bonchev–Trinajstić information content (AvgIpc) is 3.22. The van der Waals surface area contributed by atoms with E-state index in [1.54, 1.807) is 12.4 Å². The van der Waals surface area contributed by atoms with Crippen LogP contribution in [0.3, 0.4) is 0 Å². The van der Waals surface area contributed by atoms with E-state index < -0.39 is 0 Å². The van der Waals surface area contributed by atoms with Crippen LogP contribution in [0.15, 0.2) is 59.3 Å². The first-order chi connectivity index (χ1) is 13.7. The molecule has 1 fully saturated rings. The van der Waals surface area contributed by atoms with Gasteiger partial charge in [0, 0.05) is 50.8 Å². The van der Waals surface area contributed by atoms with Crippen LogP contribution in [-0.2, 0) is 11.2 Å². The number of oxazole rings is 1. The Labute approximate surface area is 168 Å². The topological polar surface area (TPSA) is 62.5 Å². The lowest BCUT2D eigenvalue weighted by Gasteiger charge is -2.35. The number of amides is 1. The third kappa shape index (κ3) is 4.17. The maximum absolute atomic E-state index is 12.5. The molecule has 1 amide bonds. The number of carbonyl (C=O) groups is 1. The van der Waals surface area contributed by atoms with Gasteiger partial charge in [-0.25, -0.2) is 9.97 Å². The summed E-state index contributed by atoms with van der Waals surface area (Å²) >= 11 is 6.20. The van der Waals surface area contributed by atoms with Gasteiger partial charge in [-0.3, -0.25) is 4.79 Å². The van der Waals surface area contributed by atoms with Crippen LogP contribution in [0.1, 0.15) is 12.3 Å². The second-order valence-corrected chi connectivity index (χ2v) is 7.06. The molecule has 6 nitrogen and oxygen atoms in total. The third-order valence-corrected chi connectivity index (χ3v) is 5.18. The predicted molar refractivity (Wildman–Crippen MR) is 108 cm³/mol. The molecule has 1 saturated heterocycles. The molecule has 1 aliphatic heterocycles. The van der Waals surface area contributed by atoms with E-state index in [1.807, 2.05) is 47.4 Å². The van der Waals surface area contributed by atoms with Gasteiger partial charge in [0.2, 0.25) is 5.91 Å². The Kier molecular flexibility index (Phi) is 5.58. The summed E-state index contributed by atoms with van der Waals surface area (Å²) in [6.45, 7) is 2.98. The second kappa shape index (κ2) is 8.44. The molecule has 144 valence electrons. The van der Waals surface area contributed by atoms with Crippen molar-refractivity contribution in [3.05, 3.63) is 65.8 Å². The van der Waals surface area contributed by atoms with Crippen molar-refractivity contribution in [2.45, 2.75) is 12.8 Å². The number of anilines is 1. The molecule has 0 N–H and O–H groups in total. The standard InChI is InChI=1S/C21H21ClN4O2/c22-17-6-2-1-5-16(17)18-15-24-20(28-18)8-9-21(27)26-13-11-25(12-14-26)19-7-3-4-10-23-19/h1-7,10,15H,8-9,11-14H2. The molecule has 0 aliphatic carbocycles. The van der Waals surface area contributed by atoms with Crippen LogP contribution in [0.2, 0.25) is 5.02 Å². The lowest BCUT2D eigenvalue weighted by molar-refractivity contribution is -0.131. The zero-order valence-corrected chi connectivity index (χ0v) is 16.2. The molecule has 2 aromatic heterocycles. The number of aryl methyl sites for hydroxylation is 1. The lowest BCUT2D eigenvalue weighted by atomic mass is 10.2. The first-order valence-electron chi connectivity index (χ1n) is 9.34. The monoisotopic (exact) mass is 396 g/mol. The molecular formula is C21H21ClN4O2. The van der Waals surface area contributed by atoms with E-state index in [0.29, 0.717) is 42.6 Å². The van der Waals surface area contributed by atoms with Crippen molar-refractivity contribution in [2.75, 3.05) is 31.1 Å². The summed E-state index contributed by atoms with van der Waals surface area (Å²) in [6, 6.07) is 13.4. The number of piperazine rings is 1. The highest BCUT2D eigenvalue weighted by atomic mass is 35.5. The summed E-state index contributed by atoms with van der Waals surface area (Å²) in [5.41, 5.74) is 0.805. The van der Waals surface area contributed by atoms with Gasteiger partial charge in [0.05, 0.1) is 11.2 Å². The largest absolute Gasteiger partial charge is 0.441 e. The Morgan fingerprint density at radius 2 is 1.82 bits per heavy atom. The molecule has 3 heterocycles. The van der Waals surface area contributed by atoms with Gasteiger partial charge in [0.15, 0.2) is 11.7 Å². The SMILES string of the molecule is O=C(CCc1ncc(-c2ccccc2Cl)o1)N1CCN(c2ccccn2)CC1. The molecule has 7 heteroatoms. The fraction of sp³-hybridized carbons (Fsp3) is 0.286. The van der Waals surface area contributed by atoms with Crippen molar-refractivity contribution in [3.8, 4) is 11.3 Å². The first-order valence-corrected chi connectivity index (χ1v) is 9.72. The zero-order chi connectivity index (χ0) is 19.3. The van der Waals surface area contributed by atoms with Crippen LogP contribution in [0, 0.1) is 0 Å². The highest BCUT2D eigenvalue weighted by molar-refractivity contribution is 6.33. The Hall–Kier alpha value is -2.86. The van der Waals surface area contributed by atoms with E-state index in [1.165, 1.54) is 0 Å². The highest BCUT2D eigenvalue weighted by Crippen LogP contribution is 2.28. The van der Waals surface area contributed by atoms with Crippen LogP contribution in [0.25, 0.3) is 11.3 Å². The summed E-state index contributed by atoms with van der Waals surface area (Å²) in [5, 5.41) is 0.618. The molecule has 0 spiro atoms. The molecular weight excluding hydrogens is 376 g/mol. The first kappa shape index (κ1) is 18.5. The van der Waals surface area contributed by atoms with Gasteiger partial charge < -0.3 is 14.2 Å². The molecule has 0 saturated carbocycles. The van der Waals surface area contributed by atoms with Gasteiger partial charge in [-0.05, 0) is 24.3 Å². The molecule has 0 unspecified atom stereocenters. The Bertz CT molecular complexity index is 936. The number of rotatable bonds is 5. The van der Waals surface area contributed by atoms with Gasteiger partial charge in [-0.1, -0.05) is 29.8 Å². The number of benzene rings is 1. The van der Waals surface area contributed by atoms with Gasteiger partial charge in [0.25, 0.3) is 0 Å². The summed E-state index contributed by atoms with van der Waals surface area (Å²) in [4.78, 5) is 25.3. The zero-order valence-electron chi connectivity index (χ0n) is 15.4. The number of carbonyl (C=O) groups excluding carboxylic acids is 1. The summed E-state index contributed by atoms with van der Waals surface area (Å²) in [5.74, 6) is 2.26. The number of pyridine rings is 1. The molecule has 28 heavy (non-hydrogen) atoms. The number of hydrogen-bond donors (Lipinski definition) is 0. The summed E-state index contributed by atoms with van der Waals surface area (Å²) < 4.78 is 5.78. The van der Waals surface area contributed by atoms with Crippen molar-refractivity contribution < 1.29 is 9.21 Å². The smallest absolute Gasteiger partial charge is 0.223 e. The minimum Gasteiger partial charge on any atom is -0.441 e. The van der Waals surface area contributed by atoms with E-state index >= 15 is 0 Å². The van der Waals surface area contributed by atoms with Crippen LogP contribution >= 0.6 is 11.6 Å². The minimum atomic E-state index is 0.123. The maximum Gasteiger partial charge on any atom is 0.223 e. The van der Waals surface area contributed by atoms with E-state index in [0.717, 1.165) is 24.5 Å². The second-order valence-electron chi connectivity index (χ2n) is 6.65. The van der Waals surface area contributed by atoms with Crippen LogP contribution < -0.4 is 4.90 Å². The van der Waals surface area contributed by atoms with Crippen LogP contribution in [0.4, 0.5) is 5.82 Å². The van der Waals surface area contributed by atoms with Crippen LogP contribution in [0.5, 0.6) is 0 Å². The van der Waals surface area contributed by atoms with Crippen molar-refractivity contribution in [1.82, 2.24) is 14.9 Å². The minimum absolute atomic E-state index is 0.123. The molecule has 0 atom stereocenters. The van der Waals surface area contributed by atoms with E-state index in [9.17, 15) is 4.79 Å². The molecule has 0 bridgehead atoms. The maximum atomic E-state index is 12.5. The van der Waals surface area contributed by atoms with E-state index in [-0.39, 0.29) is 5.91 Å². The Balaban J connectivity index is 1.29.